The second-order valence-corrected chi connectivity index (χ2v) is 8.45. The standard InChI is InChI=1S/C25H27ClN2O5/c26-20-9-6-17(7-10-20)15-27-23(30)14-19-8-11-21(29)12-13-24(31)33-22(16-28-25(19)32)18-4-2-1-3-5-18/h1-7,9-10,19,22H,8,11-16H2,(H,27,30)(H,28,32)/t19-,22-/m0/s1. The van der Waals surface area contributed by atoms with Gasteiger partial charge in [-0.3, -0.25) is 19.2 Å². The lowest BCUT2D eigenvalue weighted by molar-refractivity contribution is -0.151. The zero-order valence-electron chi connectivity index (χ0n) is 18.2. The lowest BCUT2D eigenvalue weighted by Crippen LogP contribution is -2.38. The highest BCUT2D eigenvalue weighted by molar-refractivity contribution is 6.30. The highest BCUT2D eigenvalue weighted by atomic mass is 35.5. The number of halogens is 1. The molecule has 2 aromatic carbocycles. The monoisotopic (exact) mass is 470 g/mol. The van der Waals surface area contributed by atoms with Gasteiger partial charge in [0.25, 0.3) is 0 Å². The Morgan fingerprint density at radius 3 is 2.45 bits per heavy atom. The van der Waals surface area contributed by atoms with Gasteiger partial charge in [-0.2, -0.15) is 0 Å². The molecule has 0 saturated carbocycles. The Kier molecular flexibility index (Phi) is 9.01. The summed E-state index contributed by atoms with van der Waals surface area (Å²) in [4.78, 5) is 49.8. The number of amides is 2. The Balaban J connectivity index is 1.64. The highest BCUT2D eigenvalue weighted by Gasteiger charge is 2.26. The number of carbonyl (C=O) groups is 4. The van der Waals surface area contributed by atoms with E-state index in [4.69, 9.17) is 16.3 Å². The molecule has 1 aliphatic rings. The number of Topliss-reactive ketones (excluding diaryl/α,β-unsaturated/α-hetero) is 1. The van der Waals surface area contributed by atoms with Gasteiger partial charge in [0.15, 0.2) is 0 Å². The molecule has 1 saturated heterocycles. The van der Waals surface area contributed by atoms with Gasteiger partial charge in [-0.25, -0.2) is 0 Å². The summed E-state index contributed by atoms with van der Waals surface area (Å²) >= 11 is 5.88. The van der Waals surface area contributed by atoms with Crippen LogP contribution in [0.4, 0.5) is 0 Å². The van der Waals surface area contributed by atoms with E-state index in [1.165, 1.54) is 0 Å². The summed E-state index contributed by atoms with van der Waals surface area (Å²) in [6.45, 7) is 0.404. The summed E-state index contributed by atoms with van der Waals surface area (Å²) in [6, 6.07) is 16.2. The number of hydrogen-bond acceptors (Lipinski definition) is 5. The summed E-state index contributed by atoms with van der Waals surface area (Å²) in [5, 5.41) is 6.22. The molecule has 33 heavy (non-hydrogen) atoms. The van der Waals surface area contributed by atoms with E-state index in [2.05, 4.69) is 10.6 Å². The quantitative estimate of drug-likeness (QED) is 0.651. The summed E-state index contributed by atoms with van der Waals surface area (Å²) in [5.74, 6) is -1.91. The van der Waals surface area contributed by atoms with Crippen LogP contribution in [-0.4, -0.2) is 30.1 Å². The number of rotatable bonds is 5. The summed E-state index contributed by atoms with van der Waals surface area (Å²) in [7, 11) is 0. The average Bonchev–Trinajstić information content (AvgIpc) is 2.82. The van der Waals surface area contributed by atoms with Gasteiger partial charge in [-0.05, 0) is 29.7 Å². The summed E-state index contributed by atoms with van der Waals surface area (Å²) < 4.78 is 5.52. The van der Waals surface area contributed by atoms with Crippen LogP contribution in [-0.2, 0) is 30.5 Å². The van der Waals surface area contributed by atoms with E-state index in [0.717, 1.165) is 11.1 Å². The van der Waals surface area contributed by atoms with Crippen molar-refractivity contribution in [3.8, 4) is 0 Å². The minimum Gasteiger partial charge on any atom is -0.456 e. The van der Waals surface area contributed by atoms with Gasteiger partial charge in [0.2, 0.25) is 11.8 Å². The third-order valence-corrected chi connectivity index (χ3v) is 5.74. The van der Waals surface area contributed by atoms with Crippen molar-refractivity contribution in [1.29, 1.82) is 0 Å². The van der Waals surface area contributed by atoms with Gasteiger partial charge in [0, 0.05) is 36.7 Å². The number of carbonyl (C=O) groups excluding carboxylic acids is 4. The van der Waals surface area contributed by atoms with E-state index in [9.17, 15) is 19.2 Å². The van der Waals surface area contributed by atoms with Crippen molar-refractivity contribution in [2.45, 2.75) is 44.8 Å². The molecule has 174 valence electrons. The number of hydrogen-bond donors (Lipinski definition) is 2. The maximum absolute atomic E-state index is 12.9. The second kappa shape index (κ2) is 12.2. The van der Waals surface area contributed by atoms with Crippen molar-refractivity contribution >= 4 is 35.2 Å². The fourth-order valence-electron chi connectivity index (χ4n) is 3.58. The van der Waals surface area contributed by atoms with E-state index in [1.807, 2.05) is 42.5 Å². The van der Waals surface area contributed by atoms with Crippen LogP contribution in [0.15, 0.2) is 54.6 Å². The molecule has 1 heterocycles. The third kappa shape index (κ3) is 8.02. The molecule has 1 fully saturated rings. The first kappa shape index (κ1) is 24.5. The molecule has 7 nitrogen and oxygen atoms in total. The van der Waals surface area contributed by atoms with Gasteiger partial charge in [0.05, 0.1) is 13.0 Å². The Bertz CT molecular complexity index is 978. The van der Waals surface area contributed by atoms with Crippen molar-refractivity contribution in [3.05, 3.63) is 70.7 Å². The molecule has 2 amide bonds. The van der Waals surface area contributed by atoms with Crippen LogP contribution in [0, 0.1) is 5.92 Å². The summed E-state index contributed by atoms with van der Waals surface area (Å²) in [5.41, 5.74) is 1.63. The highest BCUT2D eigenvalue weighted by Crippen LogP contribution is 2.20. The van der Waals surface area contributed by atoms with E-state index in [-0.39, 0.29) is 56.2 Å². The normalized spacial score (nSPS) is 20.1. The molecule has 0 aliphatic carbocycles. The van der Waals surface area contributed by atoms with Crippen molar-refractivity contribution in [2.24, 2.45) is 5.92 Å². The molecule has 2 aromatic rings. The van der Waals surface area contributed by atoms with Crippen LogP contribution < -0.4 is 10.6 Å². The molecule has 0 bridgehead atoms. The topological polar surface area (TPSA) is 102 Å². The Morgan fingerprint density at radius 2 is 1.73 bits per heavy atom. The lowest BCUT2D eigenvalue weighted by Gasteiger charge is -2.22. The number of ether oxygens (including phenoxy) is 1. The van der Waals surface area contributed by atoms with Crippen molar-refractivity contribution in [3.63, 3.8) is 0 Å². The van der Waals surface area contributed by atoms with E-state index in [0.29, 0.717) is 11.6 Å². The zero-order valence-corrected chi connectivity index (χ0v) is 19.0. The fourth-order valence-corrected chi connectivity index (χ4v) is 3.70. The minimum absolute atomic E-state index is 0.0115. The third-order valence-electron chi connectivity index (χ3n) is 5.49. The predicted molar refractivity (Wildman–Crippen MR) is 123 cm³/mol. The summed E-state index contributed by atoms with van der Waals surface area (Å²) in [6.07, 6.45) is -0.304. The van der Waals surface area contributed by atoms with Crippen molar-refractivity contribution in [2.75, 3.05) is 6.54 Å². The van der Waals surface area contributed by atoms with Crippen LogP contribution in [0.2, 0.25) is 5.02 Å². The number of benzene rings is 2. The van der Waals surface area contributed by atoms with Crippen LogP contribution in [0.1, 0.15) is 49.3 Å². The van der Waals surface area contributed by atoms with E-state index in [1.54, 1.807) is 12.1 Å². The van der Waals surface area contributed by atoms with Crippen molar-refractivity contribution < 1.29 is 23.9 Å². The van der Waals surface area contributed by atoms with E-state index >= 15 is 0 Å². The fraction of sp³-hybridized carbons (Fsp3) is 0.360. The molecule has 2 atom stereocenters. The van der Waals surface area contributed by atoms with E-state index < -0.39 is 18.0 Å². The lowest BCUT2D eigenvalue weighted by atomic mass is 9.95. The second-order valence-electron chi connectivity index (χ2n) is 8.02. The maximum atomic E-state index is 12.9. The number of ketones is 1. The van der Waals surface area contributed by atoms with Crippen molar-refractivity contribution in [1.82, 2.24) is 10.6 Å². The molecule has 0 spiro atoms. The maximum Gasteiger partial charge on any atom is 0.306 e. The molecule has 0 aromatic heterocycles. The molecule has 8 heteroatoms. The number of esters is 1. The Labute approximate surface area is 197 Å². The molecule has 1 aliphatic heterocycles. The van der Waals surface area contributed by atoms with Crippen LogP contribution in [0.3, 0.4) is 0 Å². The van der Waals surface area contributed by atoms with Gasteiger partial charge in [-0.15, -0.1) is 0 Å². The molecular formula is C25H27ClN2O5. The average molecular weight is 471 g/mol. The Hall–Kier alpha value is -3.19. The van der Waals surface area contributed by atoms with Gasteiger partial charge >= 0.3 is 5.97 Å². The first-order valence-electron chi connectivity index (χ1n) is 11.0. The van der Waals surface area contributed by atoms with Crippen LogP contribution in [0.25, 0.3) is 0 Å². The largest absolute Gasteiger partial charge is 0.456 e. The first-order valence-corrected chi connectivity index (χ1v) is 11.3. The number of nitrogens with one attached hydrogen (secondary N) is 2. The zero-order chi connectivity index (χ0) is 23.6. The molecule has 0 unspecified atom stereocenters. The first-order chi connectivity index (χ1) is 15.9. The molecular weight excluding hydrogens is 444 g/mol. The SMILES string of the molecule is O=C1CCC(=O)O[C@H](c2ccccc2)CNC(=O)[C@H](CC(=O)NCc2ccc(Cl)cc2)CC1. The molecule has 2 N–H and O–H groups in total. The van der Waals surface area contributed by atoms with Gasteiger partial charge in [0.1, 0.15) is 11.9 Å². The van der Waals surface area contributed by atoms with Crippen LogP contribution >= 0.6 is 11.6 Å². The van der Waals surface area contributed by atoms with Crippen LogP contribution in [0.5, 0.6) is 0 Å². The predicted octanol–water partition coefficient (Wildman–Crippen LogP) is 3.51. The molecule has 0 radical (unpaired) electrons. The van der Waals surface area contributed by atoms with Gasteiger partial charge < -0.3 is 15.4 Å². The Morgan fingerprint density at radius 1 is 1.00 bits per heavy atom. The smallest absolute Gasteiger partial charge is 0.306 e. The molecule has 3 rings (SSSR count). The number of cyclic esters (lactones) is 1. The van der Waals surface area contributed by atoms with Gasteiger partial charge in [-0.1, -0.05) is 54.1 Å². The minimum atomic E-state index is -0.670.